The van der Waals surface area contributed by atoms with E-state index in [1.54, 1.807) is 62.6 Å². The van der Waals surface area contributed by atoms with E-state index in [1.807, 2.05) is 0 Å². The van der Waals surface area contributed by atoms with Gasteiger partial charge in [-0.2, -0.15) is 0 Å². The van der Waals surface area contributed by atoms with E-state index in [9.17, 15) is 9.59 Å². The van der Waals surface area contributed by atoms with Crippen molar-refractivity contribution in [1.29, 1.82) is 0 Å². The Hall–Kier alpha value is -3.02. The zero-order chi connectivity index (χ0) is 17.4. The van der Waals surface area contributed by atoms with Crippen molar-refractivity contribution in [1.82, 2.24) is 0 Å². The van der Waals surface area contributed by atoms with Crippen molar-refractivity contribution in [2.24, 2.45) is 0 Å². The first-order valence-corrected chi connectivity index (χ1v) is 7.57. The lowest BCUT2D eigenvalue weighted by Gasteiger charge is -2.09. The van der Waals surface area contributed by atoms with E-state index < -0.39 is 0 Å². The van der Waals surface area contributed by atoms with E-state index in [4.69, 9.17) is 9.47 Å². The highest BCUT2D eigenvalue weighted by atomic mass is 16.5. The van der Waals surface area contributed by atoms with Crippen LogP contribution in [0.3, 0.4) is 0 Å². The Labute approximate surface area is 140 Å². The van der Waals surface area contributed by atoms with Gasteiger partial charge in [-0.15, -0.1) is 0 Å². The van der Waals surface area contributed by atoms with Crippen LogP contribution in [0.1, 0.15) is 13.3 Å². The van der Waals surface area contributed by atoms with Gasteiger partial charge in [0, 0.05) is 23.9 Å². The molecule has 0 aliphatic carbocycles. The summed E-state index contributed by atoms with van der Waals surface area (Å²) in [5, 5.41) is 5.47. The van der Waals surface area contributed by atoms with Crippen LogP contribution >= 0.6 is 0 Å². The van der Waals surface area contributed by atoms with Gasteiger partial charge < -0.3 is 20.1 Å². The molecule has 2 aromatic rings. The molecule has 0 fully saturated rings. The smallest absolute Gasteiger partial charge is 0.262 e. The lowest BCUT2D eigenvalue weighted by Crippen LogP contribution is -2.20. The summed E-state index contributed by atoms with van der Waals surface area (Å²) in [6, 6.07) is 13.9. The summed E-state index contributed by atoms with van der Waals surface area (Å²) in [4.78, 5) is 23.3. The lowest BCUT2D eigenvalue weighted by molar-refractivity contribution is -0.118. The predicted molar refractivity (Wildman–Crippen MR) is 92.5 cm³/mol. The molecule has 0 heterocycles. The number of carbonyl (C=O) groups is 2. The first kappa shape index (κ1) is 17.3. The van der Waals surface area contributed by atoms with Crippen molar-refractivity contribution in [3.05, 3.63) is 48.5 Å². The number of carbonyl (C=O) groups excluding carboxylic acids is 2. The summed E-state index contributed by atoms with van der Waals surface area (Å²) in [6.07, 6.45) is 0.398. The van der Waals surface area contributed by atoms with Gasteiger partial charge in [0.25, 0.3) is 5.91 Å². The van der Waals surface area contributed by atoms with Gasteiger partial charge in [0.15, 0.2) is 6.61 Å². The second kappa shape index (κ2) is 8.57. The van der Waals surface area contributed by atoms with Gasteiger partial charge in [-0.05, 0) is 36.4 Å². The molecule has 2 rings (SSSR count). The monoisotopic (exact) mass is 328 g/mol. The summed E-state index contributed by atoms with van der Waals surface area (Å²) in [7, 11) is 1.58. The van der Waals surface area contributed by atoms with E-state index >= 15 is 0 Å². The third-order valence-corrected chi connectivity index (χ3v) is 3.18. The highest BCUT2D eigenvalue weighted by molar-refractivity contribution is 5.92. The van der Waals surface area contributed by atoms with Crippen LogP contribution in [0.15, 0.2) is 48.5 Å². The molecule has 6 nitrogen and oxygen atoms in total. The van der Waals surface area contributed by atoms with Gasteiger partial charge in [-0.25, -0.2) is 0 Å². The standard InChI is InChI=1S/C18H20N2O4/c1-3-17(21)20-14-5-4-6-16(11-14)24-12-18(22)19-13-7-9-15(23-2)10-8-13/h4-11H,3,12H2,1-2H3,(H,19,22)(H,20,21). The minimum absolute atomic E-state index is 0.0793. The number of benzene rings is 2. The number of anilines is 2. The number of ether oxygens (including phenoxy) is 2. The number of methoxy groups -OCH3 is 1. The number of hydrogen-bond donors (Lipinski definition) is 2. The molecule has 0 aliphatic rings. The van der Waals surface area contributed by atoms with E-state index in [0.717, 1.165) is 5.75 Å². The number of hydrogen-bond acceptors (Lipinski definition) is 4. The molecule has 0 bridgehead atoms. The van der Waals surface area contributed by atoms with Crippen LogP contribution in [-0.2, 0) is 9.59 Å². The van der Waals surface area contributed by atoms with Crippen LogP contribution < -0.4 is 20.1 Å². The third kappa shape index (κ3) is 5.31. The zero-order valence-corrected chi connectivity index (χ0v) is 13.7. The molecular formula is C18H20N2O4. The fourth-order valence-corrected chi connectivity index (χ4v) is 1.93. The van der Waals surface area contributed by atoms with Crippen LogP contribution in [-0.4, -0.2) is 25.5 Å². The molecule has 2 N–H and O–H groups in total. The Kier molecular flexibility index (Phi) is 6.19. The Morgan fingerprint density at radius 2 is 1.62 bits per heavy atom. The highest BCUT2D eigenvalue weighted by Crippen LogP contribution is 2.18. The molecule has 6 heteroatoms. The van der Waals surface area contributed by atoms with E-state index in [2.05, 4.69) is 10.6 Å². The van der Waals surface area contributed by atoms with Gasteiger partial charge in [-0.3, -0.25) is 9.59 Å². The summed E-state index contributed by atoms with van der Waals surface area (Å²) < 4.78 is 10.5. The topological polar surface area (TPSA) is 76.7 Å². The minimum atomic E-state index is -0.275. The van der Waals surface area contributed by atoms with Gasteiger partial charge in [0.05, 0.1) is 7.11 Å². The van der Waals surface area contributed by atoms with Gasteiger partial charge in [0.1, 0.15) is 11.5 Å². The first-order valence-electron chi connectivity index (χ1n) is 7.57. The molecular weight excluding hydrogens is 308 g/mol. The van der Waals surface area contributed by atoms with Crippen molar-refractivity contribution in [2.45, 2.75) is 13.3 Å². The van der Waals surface area contributed by atoms with Crippen LogP contribution in [0.4, 0.5) is 11.4 Å². The van der Waals surface area contributed by atoms with Crippen molar-refractivity contribution in [3.63, 3.8) is 0 Å². The molecule has 0 aliphatic heterocycles. The summed E-state index contributed by atoms with van der Waals surface area (Å²) in [5.74, 6) is 0.872. The maximum Gasteiger partial charge on any atom is 0.262 e. The molecule has 2 aromatic carbocycles. The second-order valence-electron chi connectivity index (χ2n) is 4.99. The Morgan fingerprint density at radius 1 is 0.917 bits per heavy atom. The summed E-state index contributed by atoms with van der Waals surface area (Å²) in [6.45, 7) is 1.65. The number of rotatable bonds is 7. The van der Waals surface area contributed by atoms with Crippen molar-refractivity contribution in [3.8, 4) is 11.5 Å². The third-order valence-electron chi connectivity index (χ3n) is 3.18. The van der Waals surface area contributed by atoms with Crippen LogP contribution in [0.25, 0.3) is 0 Å². The molecule has 0 aromatic heterocycles. The van der Waals surface area contributed by atoms with Gasteiger partial charge >= 0.3 is 0 Å². The summed E-state index contributed by atoms with van der Waals surface area (Å²) >= 11 is 0. The number of nitrogens with one attached hydrogen (secondary N) is 2. The van der Waals surface area contributed by atoms with Crippen molar-refractivity contribution >= 4 is 23.2 Å². The molecule has 0 radical (unpaired) electrons. The maximum atomic E-state index is 11.9. The van der Waals surface area contributed by atoms with E-state index in [0.29, 0.717) is 23.5 Å². The molecule has 0 spiro atoms. The normalized spacial score (nSPS) is 9.92. The van der Waals surface area contributed by atoms with E-state index in [-0.39, 0.29) is 18.4 Å². The largest absolute Gasteiger partial charge is 0.497 e. The molecule has 2 amide bonds. The average Bonchev–Trinajstić information content (AvgIpc) is 2.61. The highest BCUT2D eigenvalue weighted by Gasteiger charge is 2.05. The van der Waals surface area contributed by atoms with E-state index in [1.165, 1.54) is 0 Å². The zero-order valence-electron chi connectivity index (χ0n) is 13.7. The molecule has 0 saturated carbocycles. The molecule has 0 unspecified atom stereocenters. The first-order chi connectivity index (χ1) is 11.6. The SMILES string of the molecule is CCC(=O)Nc1cccc(OCC(=O)Nc2ccc(OC)cc2)c1. The predicted octanol–water partition coefficient (Wildman–Crippen LogP) is 3.06. The Bertz CT molecular complexity index is 698. The lowest BCUT2D eigenvalue weighted by atomic mass is 10.3. The van der Waals surface area contributed by atoms with Crippen molar-refractivity contribution in [2.75, 3.05) is 24.4 Å². The summed E-state index contributed by atoms with van der Waals surface area (Å²) in [5.41, 5.74) is 1.29. The van der Waals surface area contributed by atoms with Crippen LogP contribution in [0, 0.1) is 0 Å². The quantitative estimate of drug-likeness (QED) is 0.819. The van der Waals surface area contributed by atoms with Gasteiger partial charge in [0.2, 0.25) is 5.91 Å². The average molecular weight is 328 g/mol. The minimum Gasteiger partial charge on any atom is -0.497 e. The van der Waals surface area contributed by atoms with Gasteiger partial charge in [-0.1, -0.05) is 13.0 Å². The van der Waals surface area contributed by atoms with Crippen molar-refractivity contribution < 1.29 is 19.1 Å². The maximum absolute atomic E-state index is 11.9. The van der Waals surface area contributed by atoms with Crippen LogP contribution in [0.5, 0.6) is 11.5 Å². The molecule has 0 atom stereocenters. The molecule has 126 valence electrons. The number of amides is 2. The fraction of sp³-hybridized carbons (Fsp3) is 0.222. The van der Waals surface area contributed by atoms with Crippen LogP contribution in [0.2, 0.25) is 0 Å². The molecule has 0 saturated heterocycles. The Morgan fingerprint density at radius 3 is 2.29 bits per heavy atom. The Balaban J connectivity index is 1.86. The second-order valence-corrected chi connectivity index (χ2v) is 4.99. The fourth-order valence-electron chi connectivity index (χ4n) is 1.93. The molecule has 24 heavy (non-hydrogen) atoms.